The molecular formula is C17H18F3N5O6. The predicted molar refractivity (Wildman–Crippen MR) is 100 cm³/mol. The van der Waals surface area contributed by atoms with Gasteiger partial charge in [-0.2, -0.15) is 13.2 Å². The number of hydrogen-bond donors (Lipinski definition) is 5. The van der Waals surface area contributed by atoms with Gasteiger partial charge in [0.15, 0.2) is 5.96 Å². The lowest BCUT2D eigenvalue weighted by molar-refractivity contribution is -0.192. The Morgan fingerprint density at radius 2 is 1.84 bits per heavy atom. The Morgan fingerprint density at radius 1 is 1.23 bits per heavy atom. The fraction of sp³-hybridized carbons (Fsp3) is 0.235. The lowest BCUT2D eigenvalue weighted by Crippen LogP contribution is -2.35. The largest absolute Gasteiger partial charge is 0.490 e. The summed E-state index contributed by atoms with van der Waals surface area (Å²) in [4.78, 5) is 47.1. The third-order valence-electron chi connectivity index (χ3n) is 2.66. The van der Waals surface area contributed by atoms with Crippen molar-refractivity contribution in [3.05, 3.63) is 29.8 Å². The highest BCUT2D eigenvalue weighted by molar-refractivity contribution is 5.97. The number of aliphatic imine (C=N–C) groups is 1. The molecule has 0 saturated heterocycles. The summed E-state index contributed by atoms with van der Waals surface area (Å²) in [6.07, 6.45) is -5.08. The molecule has 31 heavy (non-hydrogen) atoms. The number of carbonyl (C=O) groups is 4. The van der Waals surface area contributed by atoms with Crippen molar-refractivity contribution in [1.29, 1.82) is 0 Å². The van der Waals surface area contributed by atoms with Crippen LogP contribution in [0.2, 0.25) is 0 Å². The highest BCUT2D eigenvalue weighted by atomic mass is 19.4. The van der Waals surface area contributed by atoms with E-state index in [-0.39, 0.29) is 24.7 Å². The smallest absolute Gasteiger partial charge is 0.475 e. The van der Waals surface area contributed by atoms with Gasteiger partial charge in [-0.05, 0) is 25.1 Å². The molecule has 0 aliphatic heterocycles. The van der Waals surface area contributed by atoms with Crippen molar-refractivity contribution in [3.8, 4) is 12.0 Å². The summed E-state index contributed by atoms with van der Waals surface area (Å²) in [5, 5.41) is 11.7. The first-order valence-electron chi connectivity index (χ1n) is 8.11. The summed E-state index contributed by atoms with van der Waals surface area (Å²) in [6, 6.07) is 8.37. The quantitative estimate of drug-likeness (QED) is 0.133. The summed E-state index contributed by atoms with van der Waals surface area (Å²) in [5.41, 5.74) is 11.2. The van der Waals surface area contributed by atoms with Gasteiger partial charge in [-0.15, -0.1) is 0 Å². The first-order chi connectivity index (χ1) is 14.4. The Labute approximate surface area is 173 Å². The van der Waals surface area contributed by atoms with Crippen molar-refractivity contribution in [2.75, 3.05) is 13.2 Å². The first kappa shape index (κ1) is 26.7. The molecule has 1 rings (SSSR count). The van der Waals surface area contributed by atoms with E-state index >= 15 is 0 Å². The SMILES string of the molecule is CCOC(=O)C#CNC(=O)CNC(=O)c1cccc(N=C(N)N)c1.O=C(O)C(F)(F)F. The van der Waals surface area contributed by atoms with E-state index < -0.39 is 29.9 Å². The van der Waals surface area contributed by atoms with Crippen LogP contribution in [-0.4, -0.2) is 54.1 Å². The standard InChI is InChI=1S/C15H17N5O4.C2HF3O2/c1-2-24-13(22)6-7-18-12(21)9-19-14(23)10-4-3-5-11(8-10)20-15(16)17;3-2(4,5)1(6)7/h3-5,8H,2,9H2,1H3,(H,18,21)(H,19,23)(H4,16,17,20);(H,6,7). The van der Waals surface area contributed by atoms with Crippen molar-refractivity contribution in [2.24, 2.45) is 16.5 Å². The lowest BCUT2D eigenvalue weighted by atomic mass is 10.2. The van der Waals surface area contributed by atoms with Crippen LogP contribution in [-0.2, 0) is 19.1 Å². The van der Waals surface area contributed by atoms with E-state index in [1.807, 2.05) is 0 Å². The Bertz CT molecular complexity index is 901. The zero-order chi connectivity index (χ0) is 24.0. The zero-order valence-electron chi connectivity index (χ0n) is 15.9. The number of benzene rings is 1. The maximum absolute atomic E-state index is 11.9. The molecule has 0 atom stereocenters. The molecule has 1 aromatic carbocycles. The molecule has 0 aliphatic rings. The minimum atomic E-state index is -5.08. The minimum absolute atomic E-state index is 0.132. The number of carbonyl (C=O) groups excluding carboxylic acids is 3. The molecule has 2 amide bonds. The van der Waals surface area contributed by atoms with Gasteiger partial charge in [0.1, 0.15) is 0 Å². The number of rotatable bonds is 5. The van der Waals surface area contributed by atoms with Gasteiger partial charge in [0.2, 0.25) is 0 Å². The molecular weight excluding hydrogens is 427 g/mol. The molecule has 0 aromatic heterocycles. The molecule has 11 nitrogen and oxygen atoms in total. The number of alkyl halides is 3. The van der Waals surface area contributed by atoms with E-state index in [2.05, 4.69) is 32.3 Å². The third kappa shape index (κ3) is 12.7. The van der Waals surface area contributed by atoms with Gasteiger partial charge in [0.25, 0.3) is 11.8 Å². The van der Waals surface area contributed by atoms with E-state index in [4.69, 9.17) is 21.4 Å². The monoisotopic (exact) mass is 445 g/mol. The number of hydrogen-bond acceptors (Lipinski definition) is 6. The van der Waals surface area contributed by atoms with Gasteiger partial charge in [-0.3, -0.25) is 14.9 Å². The number of amides is 2. The van der Waals surface area contributed by atoms with Crippen LogP contribution in [0.5, 0.6) is 0 Å². The molecule has 14 heteroatoms. The maximum atomic E-state index is 11.9. The van der Waals surface area contributed by atoms with Gasteiger partial charge < -0.3 is 26.6 Å². The van der Waals surface area contributed by atoms with E-state index in [0.29, 0.717) is 5.69 Å². The van der Waals surface area contributed by atoms with Crippen LogP contribution in [0.1, 0.15) is 17.3 Å². The minimum Gasteiger partial charge on any atom is -0.475 e. The second-order valence-electron chi connectivity index (χ2n) is 5.09. The fourth-order valence-corrected chi connectivity index (χ4v) is 1.49. The van der Waals surface area contributed by atoms with E-state index in [0.717, 1.165) is 0 Å². The molecule has 0 heterocycles. The highest BCUT2D eigenvalue weighted by Gasteiger charge is 2.38. The average Bonchev–Trinajstić information content (AvgIpc) is 2.65. The van der Waals surface area contributed by atoms with Gasteiger partial charge in [0, 0.05) is 17.5 Å². The topological polar surface area (TPSA) is 186 Å². The van der Waals surface area contributed by atoms with Crippen molar-refractivity contribution in [3.63, 3.8) is 0 Å². The Balaban J connectivity index is 0.00000110. The van der Waals surface area contributed by atoms with Gasteiger partial charge in [-0.25, -0.2) is 14.6 Å². The zero-order valence-corrected chi connectivity index (χ0v) is 15.9. The molecule has 0 bridgehead atoms. The number of esters is 1. The number of nitrogens with zero attached hydrogens (tertiary/aromatic N) is 1. The maximum Gasteiger partial charge on any atom is 0.490 e. The van der Waals surface area contributed by atoms with Gasteiger partial charge in [0.05, 0.1) is 18.8 Å². The van der Waals surface area contributed by atoms with Crippen molar-refractivity contribution in [1.82, 2.24) is 10.6 Å². The lowest BCUT2D eigenvalue weighted by Gasteiger charge is -2.04. The van der Waals surface area contributed by atoms with Crippen LogP contribution in [0.3, 0.4) is 0 Å². The molecule has 0 spiro atoms. The summed E-state index contributed by atoms with van der Waals surface area (Å²) < 4.78 is 36.3. The van der Waals surface area contributed by atoms with E-state index in [9.17, 15) is 27.6 Å². The van der Waals surface area contributed by atoms with E-state index in [1.165, 1.54) is 6.07 Å². The molecule has 0 fully saturated rings. The van der Waals surface area contributed by atoms with Crippen LogP contribution < -0.4 is 22.1 Å². The number of ether oxygens (including phenoxy) is 1. The van der Waals surface area contributed by atoms with Crippen molar-refractivity contribution < 1.29 is 42.2 Å². The summed E-state index contributed by atoms with van der Waals surface area (Å²) in [5.74, 6) is -2.65. The second kappa shape index (κ2) is 13.0. The molecule has 168 valence electrons. The summed E-state index contributed by atoms with van der Waals surface area (Å²) >= 11 is 0. The van der Waals surface area contributed by atoms with Crippen molar-refractivity contribution in [2.45, 2.75) is 13.1 Å². The number of aliphatic carboxylic acids is 1. The third-order valence-corrected chi connectivity index (χ3v) is 2.66. The molecule has 1 aromatic rings. The molecule has 0 saturated carbocycles. The van der Waals surface area contributed by atoms with Gasteiger partial charge >= 0.3 is 18.1 Å². The Kier molecular flexibility index (Phi) is 11.2. The number of carboxylic acids is 1. The number of halogens is 3. The normalized spacial score (nSPS) is 9.55. The summed E-state index contributed by atoms with van der Waals surface area (Å²) in [6.45, 7) is 1.51. The number of nitrogens with one attached hydrogen (secondary N) is 2. The molecule has 0 aliphatic carbocycles. The first-order valence-corrected chi connectivity index (χ1v) is 8.11. The summed E-state index contributed by atoms with van der Waals surface area (Å²) in [7, 11) is 0. The van der Waals surface area contributed by atoms with Crippen LogP contribution >= 0.6 is 0 Å². The van der Waals surface area contributed by atoms with E-state index in [1.54, 1.807) is 25.1 Å². The highest BCUT2D eigenvalue weighted by Crippen LogP contribution is 2.14. The fourth-order valence-electron chi connectivity index (χ4n) is 1.49. The van der Waals surface area contributed by atoms with Crippen LogP contribution in [0.25, 0.3) is 0 Å². The van der Waals surface area contributed by atoms with Gasteiger partial charge in [-0.1, -0.05) is 6.07 Å². The van der Waals surface area contributed by atoms with Crippen molar-refractivity contribution >= 4 is 35.4 Å². The Hall–Kier alpha value is -4.28. The second-order valence-corrected chi connectivity index (χ2v) is 5.09. The van der Waals surface area contributed by atoms with Crippen LogP contribution in [0.4, 0.5) is 18.9 Å². The number of guanidine groups is 1. The predicted octanol–water partition coefficient (Wildman–Crippen LogP) is -0.405. The average molecular weight is 445 g/mol. The number of carboxylic acid groups (broad SMARTS) is 1. The number of nitrogens with two attached hydrogens (primary N) is 2. The molecule has 7 N–H and O–H groups in total. The van der Waals surface area contributed by atoms with Crippen LogP contribution in [0, 0.1) is 12.0 Å². The van der Waals surface area contributed by atoms with Crippen LogP contribution in [0.15, 0.2) is 29.3 Å². The molecule has 0 radical (unpaired) electrons. The molecule has 0 unspecified atom stereocenters. The Morgan fingerprint density at radius 3 is 2.35 bits per heavy atom.